The average Bonchev–Trinajstić information content (AvgIpc) is 2.39. The third kappa shape index (κ3) is 51.9. The third-order valence-corrected chi connectivity index (χ3v) is 18.3. The van der Waals surface area contributed by atoms with Crippen LogP contribution in [0.3, 0.4) is 0 Å². The molecule has 0 fully saturated rings. The van der Waals surface area contributed by atoms with E-state index in [1.54, 1.807) is 0 Å². The minimum absolute atomic E-state index is 0.0195. The predicted molar refractivity (Wildman–Crippen MR) is 142 cm³/mol. The van der Waals surface area contributed by atoms with Gasteiger partial charge >= 0.3 is 250 Å². The van der Waals surface area contributed by atoms with Crippen molar-refractivity contribution >= 4 is 75.4 Å². The Morgan fingerprint density at radius 3 is 0.394 bits per heavy atom. The molecular weight excluding hydrogens is 1010 g/mol. The molecular formula is C24H54O6Pb3. The van der Waals surface area contributed by atoms with E-state index in [2.05, 4.69) is 125 Å². The first kappa shape index (κ1) is 40.0. The molecule has 0 aromatic rings. The summed E-state index contributed by atoms with van der Waals surface area (Å²) in [5.74, 6) is 0. The first-order valence-electron chi connectivity index (χ1n) is 11.4. The summed E-state index contributed by atoms with van der Waals surface area (Å²) in [5, 5.41) is 0. The van der Waals surface area contributed by atoms with Crippen LogP contribution in [0.1, 0.15) is 125 Å². The van der Waals surface area contributed by atoms with Crippen molar-refractivity contribution in [2.45, 2.75) is 158 Å². The van der Waals surface area contributed by atoms with Gasteiger partial charge in [-0.1, -0.05) is 0 Å². The molecule has 9 heteroatoms. The van der Waals surface area contributed by atoms with E-state index in [0.717, 1.165) is 0 Å². The number of hydrogen-bond acceptors (Lipinski definition) is 6. The van der Waals surface area contributed by atoms with Crippen molar-refractivity contribution < 1.29 is 16.1 Å². The second kappa shape index (κ2) is 17.2. The summed E-state index contributed by atoms with van der Waals surface area (Å²) >= 11 is -3.79. The topological polar surface area (TPSA) is 55.4 Å². The molecule has 0 rings (SSSR count). The summed E-state index contributed by atoms with van der Waals surface area (Å²) in [6, 6.07) is 0. The van der Waals surface area contributed by atoms with Crippen molar-refractivity contribution in [2.24, 2.45) is 0 Å². The van der Waals surface area contributed by atoms with Crippen molar-refractivity contribution in [2.75, 3.05) is 0 Å². The van der Waals surface area contributed by atoms with Crippen molar-refractivity contribution in [3.63, 3.8) is 0 Å². The summed E-state index contributed by atoms with van der Waals surface area (Å²) in [6.07, 6.45) is 0. The second-order valence-corrected chi connectivity index (χ2v) is 20.2. The predicted octanol–water partition coefficient (Wildman–Crippen LogP) is 6.45. The maximum atomic E-state index is 5.58. The van der Waals surface area contributed by atoms with Crippen LogP contribution in [-0.2, 0) is 16.1 Å². The van der Waals surface area contributed by atoms with Crippen molar-refractivity contribution in [1.29, 1.82) is 0 Å². The van der Waals surface area contributed by atoms with E-state index in [4.69, 9.17) is 16.1 Å². The fraction of sp³-hybridized carbons (Fsp3) is 1.00. The molecule has 0 aliphatic rings. The van der Waals surface area contributed by atoms with E-state index in [1.165, 1.54) is 0 Å². The monoisotopic (exact) mass is 1060 g/mol. The molecule has 0 N–H and O–H groups in total. The molecule has 0 aromatic carbocycles. The zero-order valence-electron chi connectivity index (χ0n) is 24.9. The standard InChI is InChI=1S/6C4H9O.3Pb/c6*1-4(2,3)5;;;/h6*1-3H3;;;/q6*-1;3*+2. The zero-order valence-corrected chi connectivity index (χ0v) is 36.6. The van der Waals surface area contributed by atoms with Gasteiger partial charge in [0.2, 0.25) is 0 Å². The molecule has 198 valence electrons. The molecule has 0 bridgehead atoms. The molecule has 6 nitrogen and oxygen atoms in total. The molecule has 0 heterocycles. The van der Waals surface area contributed by atoms with Gasteiger partial charge in [0, 0.05) is 0 Å². The molecule has 0 amide bonds. The summed E-state index contributed by atoms with van der Waals surface area (Å²) < 4.78 is 33.5. The molecule has 6 radical (unpaired) electrons. The third-order valence-electron chi connectivity index (χ3n) is 2.09. The van der Waals surface area contributed by atoms with E-state index in [9.17, 15) is 0 Å². The van der Waals surface area contributed by atoms with Gasteiger partial charge in [-0.3, -0.25) is 0 Å². The van der Waals surface area contributed by atoms with Crippen LogP contribution in [0.5, 0.6) is 0 Å². The van der Waals surface area contributed by atoms with Gasteiger partial charge in [-0.15, -0.1) is 0 Å². The first-order chi connectivity index (χ1) is 14.1. The first-order valence-corrected chi connectivity index (χ1v) is 21.0. The van der Waals surface area contributed by atoms with Crippen LogP contribution in [0.4, 0.5) is 0 Å². The molecule has 0 saturated heterocycles. The molecule has 0 spiro atoms. The van der Waals surface area contributed by atoms with Crippen molar-refractivity contribution in [1.82, 2.24) is 0 Å². The Kier molecular flexibility index (Phi) is 20.8. The van der Waals surface area contributed by atoms with E-state index in [-0.39, 0.29) is 33.6 Å². The molecule has 0 aliphatic heterocycles. The zero-order chi connectivity index (χ0) is 27.4. The van der Waals surface area contributed by atoms with Gasteiger partial charge in [-0.2, -0.15) is 0 Å². The summed E-state index contributed by atoms with van der Waals surface area (Å²) in [5.41, 5.74) is -0.117. The van der Waals surface area contributed by atoms with Crippen LogP contribution in [0.2, 0.25) is 0 Å². The van der Waals surface area contributed by atoms with Gasteiger partial charge in [-0.25, -0.2) is 0 Å². The molecule has 33 heavy (non-hydrogen) atoms. The van der Waals surface area contributed by atoms with Crippen LogP contribution in [0.25, 0.3) is 0 Å². The maximum absolute atomic E-state index is 5.58. The van der Waals surface area contributed by atoms with Gasteiger partial charge < -0.3 is 0 Å². The fourth-order valence-electron chi connectivity index (χ4n) is 0.812. The minimum atomic E-state index is -1.26. The van der Waals surface area contributed by atoms with Crippen LogP contribution in [0.15, 0.2) is 0 Å². The van der Waals surface area contributed by atoms with Gasteiger partial charge in [0.1, 0.15) is 0 Å². The average molecular weight is 1060 g/mol. The quantitative estimate of drug-likeness (QED) is 0.286. The van der Waals surface area contributed by atoms with Gasteiger partial charge in [0.15, 0.2) is 0 Å². The summed E-state index contributed by atoms with van der Waals surface area (Å²) in [4.78, 5) is 0. The molecule has 0 aromatic heterocycles. The normalized spacial score (nSPS) is 13.6. The van der Waals surface area contributed by atoms with Crippen LogP contribution >= 0.6 is 0 Å². The Hall–Kier alpha value is 2.53. The number of hydrogen-bond donors (Lipinski definition) is 0. The van der Waals surface area contributed by atoms with Crippen LogP contribution < -0.4 is 0 Å². The number of rotatable bonds is 6. The summed E-state index contributed by atoms with van der Waals surface area (Å²) in [7, 11) is 0. The second-order valence-electron chi connectivity index (χ2n) is 13.5. The van der Waals surface area contributed by atoms with Gasteiger partial charge in [-0.05, 0) is 0 Å². The Bertz CT molecular complexity index is 360. The van der Waals surface area contributed by atoms with E-state index < -0.39 is 75.4 Å². The van der Waals surface area contributed by atoms with E-state index in [0.29, 0.717) is 0 Å². The van der Waals surface area contributed by atoms with Crippen LogP contribution in [0, 0.1) is 0 Å². The Balaban J connectivity index is -0.000000409. The fourth-order valence-corrected chi connectivity index (χ4v) is 7.13. The summed E-state index contributed by atoms with van der Waals surface area (Å²) in [6.45, 7) is 37.1. The van der Waals surface area contributed by atoms with E-state index >= 15 is 0 Å². The molecule has 0 aliphatic carbocycles. The Labute approximate surface area is 247 Å². The SMILES string of the molecule is CC(C)(C)[O][Pb][O]C(C)(C)C.CC(C)(C)[O][Pb][O]C(C)(C)C.CC(C)(C)[O][Pb][O]C(C)(C)C. The molecule has 0 unspecified atom stereocenters. The van der Waals surface area contributed by atoms with E-state index in [1.807, 2.05) is 0 Å². The Morgan fingerprint density at radius 2 is 0.333 bits per heavy atom. The molecule has 0 atom stereocenters. The van der Waals surface area contributed by atoms with Crippen LogP contribution in [-0.4, -0.2) is 109 Å². The van der Waals surface area contributed by atoms with Gasteiger partial charge in [0.05, 0.1) is 0 Å². The van der Waals surface area contributed by atoms with Gasteiger partial charge in [0.25, 0.3) is 0 Å². The Morgan fingerprint density at radius 1 is 0.242 bits per heavy atom. The van der Waals surface area contributed by atoms with Crippen molar-refractivity contribution in [3.8, 4) is 0 Å². The molecule has 0 saturated carbocycles. The van der Waals surface area contributed by atoms with Crippen molar-refractivity contribution in [3.05, 3.63) is 0 Å².